The topological polar surface area (TPSA) is 36.4 Å². The molecule has 0 aliphatic carbocycles. The molecule has 6 heteroatoms. The summed E-state index contributed by atoms with van der Waals surface area (Å²) in [7, 11) is 0. The van der Waals surface area contributed by atoms with Crippen molar-refractivity contribution < 1.29 is 4.79 Å². The molecule has 0 spiro atoms. The maximum absolute atomic E-state index is 12.3. The number of anilines is 1. The van der Waals surface area contributed by atoms with E-state index in [1.54, 1.807) is 36.7 Å². The number of nitrogens with zero attached hydrogens (tertiary/aromatic N) is 3. The third kappa shape index (κ3) is 4.08. The molecule has 0 unspecified atom stereocenters. The Morgan fingerprint density at radius 3 is 2.38 bits per heavy atom. The first-order valence-electron chi connectivity index (χ1n) is 7.70. The van der Waals surface area contributed by atoms with Crippen LogP contribution in [0.3, 0.4) is 0 Å². The van der Waals surface area contributed by atoms with E-state index in [2.05, 4.69) is 9.88 Å². The number of piperazine rings is 1. The van der Waals surface area contributed by atoms with Crippen molar-refractivity contribution in [1.29, 1.82) is 0 Å². The fourth-order valence-electron chi connectivity index (χ4n) is 2.63. The number of halogens is 2. The van der Waals surface area contributed by atoms with Gasteiger partial charge in [0, 0.05) is 50.3 Å². The van der Waals surface area contributed by atoms with Crippen LogP contribution in [0, 0.1) is 0 Å². The molecule has 4 nitrogen and oxygen atoms in total. The lowest BCUT2D eigenvalue weighted by Gasteiger charge is -2.35. The van der Waals surface area contributed by atoms with Gasteiger partial charge in [-0.1, -0.05) is 29.3 Å². The molecular formula is C18H17Cl2N3O. The number of carbonyl (C=O) groups excluding carboxylic acids is 1. The number of benzene rings is 1. The zero-order chi connectivity index (χ0) is 16.9. The predicted octanol–water partition coefficient (Wildman–Crippen LogP) is 3.75. The van der Waals surface area contributed by atoms with Gasteiger partial charge in [-0.15, -0.1) is 0 Å². The molecule has 1 aliphatic rings. The first-order valence-corrected chi connectivity index (χ1v) is 8.46. The highest BCUT2D eigenvalue weighted by molar-refractivity contribution is 6.42. The van der Waals surface area contributed by atoms with Crippen molar-refractivity contribution in [1.82, 2.24) is 9.88 Å². The standard InChI is InChI=1S/C18H17Cl2N3O/c19-16-3-1-14(13-17(16)20)2-4-18(24)23-11-9-22(10-12-23)15-5-7-21-8-6-15/h1-8,13H,9-12H2/b4-2+. The van der Waals surface area contributed by atoms with E-state index < -0.39 is 0 Å². The van der Waals surface area contributed by atoms with Gasteiger partial charge in [-0.3, -0.25) is 9.78 Å². The second-order valence-corrected chi connectivity index (χ2v) is 6.34. The highest BCUT2D eigenvalue weighted by Crippen LogP contribution is 2.23. The summed E-state index contributed by atoms with van der Waals surface area (Å²) in [5.41, 5.74) is 2.00. The highest BCUT2D eigenvalue weighted by atomic mass is 35.5. The zero-order valence-electron chi connectivity index (χ0n) is 13.0. The van der Waals surface area contributed by atoms with Crippen molar-refractivity contribution in [2.24, 2.45) is 0 Å². The van der Waals surface area contributed by atoms with Crippen molar-refractivity contribution in [3.05, 3.63) is 64.4 Å². The second-order valence-electron chi connectivity index (χ2n) is 5.52. The van der Waals surface area contributed by atoms with Gasteiger partial charge in [-0.2, -0.15) is 0 Å². The summed E-state index contributed by atoms with van der Waals surface area (Å²) in [5, 5.41) is 0.990. The van der Waals surface area contributed by atoms with Crippen molar-refractivity contribution in [2.45, 2.75) is 0 Å². The molecule has 2 heterocycles. The molecule has 0 radical (unpaired) electrons. The molecular weight excluding hydrogens is 345 g/mol. The van der Waals surface area contributed by atoms with E-state index in [1.807, 2.05) is 23.1 Å². The molecule has 1 aromatic carbocycles. The van der Waals surface area contributed by atoms with E-state index in [4.69, 9.17) is 23.2 Å². The molecule has 1 fully saturated rings. The summed E-state index contributed by atoms with van der Waals surface area (Å²) in [6, 6.07) is 9.28. The van der Waals surface area contributed by atoms with Crippen molar-refractivity contribution in [2.75, 3.05) is 31.1 Å². The SMILES string of the molecule is O=C(/C=C/c1ccc(Cl)c(Cl)c1)N1CCN(c2ccncc2)CC1. The minimum atomic E-state index is 0.00968. The van der Waals surface area contributed by atoms with Gasteiger partial charge in [-0.05, 0) is 35.9 Å². The summed E-state index contributed by atoms with van der Waals surface area (Å²) in [6.07, 6.45) is 6.92. The van der Waals surface area contributed by atoms with Gasteiger partial charge >= 0.3 is 0 Å². The Bertz CT molecular complexity index is 741. The molecule has 1 amide bonds. The summed E-state index contributed by atoms with van der Waals surface area (Å²) < 4.78 is 0. The van der Waals surface area contributed by atoms with Gasteiger partial charge in [0.05, 0.1) is 10.0 Å². The fraction of sp³-hybridized carbons (Fsp3) is 0.222. The summed E-state index contributed by atoms with van der Waals surface area (Å²) in [6.45, 7) is 3.03. The average molecular weight is 362 g/mol. The van der Waals surface area contributed by atoms with Crippen LogP contribution < -0.4 is 4.90 Å². The molecule has 0 N–H and O–H groups in total. The lowest BCUT2D eigenvalue weighted by atomic mass is 10.2. The van der Waals surface area contributed by atoms with Crippen LogP contribution in [0.15, 0.2) is 48.8 Å². The van der Waals surface area contributed by atoms with E-state index >= 15 is 0 Å². The number of hydrogen-bond acceptors (Lipinski definition) is 3. The normalized spacial score (nSPS) is 15.1. The third-order valence-corrected chi connectivity index (χ3v) is 4.72. The van der Waals surface area contributed by atoms with Crippen LogP contribution in [0.2, 0.25) is 10.0 Å². The molecule has 0 saturated carbocycles. The highest BCUT2D eigenvalue weighted by Gasteiger charge is 2.19. The van der Waals surface area contributed by atoms with Crippen LogP contribution in [-0.2, 0) is 4.79 Å². The number of pyridine rings is 1. The maximum atomic E-state index is 12.3. The first kappa shape index (κ1) is 16.8. The summed E-state index contributed by atoms with van der Waals surface area (Å²) in [4.78, 5) is 20.5. The Balaban J connectivity index is 1.57. The monoisotopic (exact) mass is 361 g/mol. The van der Waals surface area contributed by atoms with Crippen molar-refractivity contribution in [3.63, 3.8) is 0 Å². The summed E-state index contributed by atoms with van der Waals surface area (Å²) in [5.74, 6) is 0.00968. The molecule has 1 aliphatic heterocycles. The van der Waals surface area contributed by atoms with Gasteiger partial charge in [-0.25, -0.2) is 0 Å². The average Bonchev–Trinajstić information content (AvgIpc) is 2.63. The number of rotatable bonds is 3. The molecule has 1 aromatic heterocycles. The van der Waals surface area contributed by atoms with E-state index in [0.717, 1.165) is 24.3 Å². The molecule has 3 rings (SSSR count). The van der Waals surface area contributed by atoms with Crippen molar-refractivity contribution in [3.8, 4) is 0 Å². The van der Waals surface area contributed by atoms with Crippen LogP contribution >= 0.6 is 23.2 Å². The summed E-state index contributed by atoms with van der Waals surface area (Å²) >= 11 is 11.9. The number of amides is 1. The molecule has 0 atom stereocenters. The van der Waals surface area contributed by atoms with Gasteiger partial charge in [0.2, 0.25) is 5.91 Å². The maximum Gasteiger partial charge on any atom is 0.246 e. The van der Waals surface area contributed by atoms with E-state index in [0.29, 0.717) is 23.1 Å². The van der Waals surface area contributed by atoms with Crippen molar-refractivity contribution >= 4 is 40.9 Å². The Labute approximate surface area is 151 Å². The predicted molar refractivity (Wildman–Crippen MR) is 98.5 cm³/mol. The Kier molecular flexibility index (Phi) is 5.38. The van der Waals surface area contributed by atoms with E-state index in [1.165, 1.54) is 0 Å². The molecule has 0 bridgehead atoms. The molecule has 2 aromatic rings. The van der Waals surface area contributed by atoms with Crippen LogP contribution in [0.1, 0.15) is 5.56 Å². The van der Waals surface area contributed by atoms with Gasteiger partial charge < -0.3 is 9.80 Å². The second kappa shape index (κ2) is 7.69. The van der Waals surface area contributed by atoms with E-state index in [-0.39, 0.29) is 5.91 Å². The smallest absolute Gasteiger partial charge is 0.246 e. The lowest BCUT2D eigenvalue weighted by molar-refractivity contribution is -0.126. The van der Waals surface area contributed by atoms with Crippen LogP contribution in [0.5, 0.6) is 0 Å². The van der Waals surface area contributed by atoms with Crippen LogP contribution in [-0.4, -0.2) is 42.0 Å². The fourth-order valence-corrected chi connectivity index (χ4v) is 2.94. The Morgan fingerprint density at radius 1 is 1.00 bits per heavy atom. The molecule has 124 valence electrons. The quantitative estimate of drug-likeness (QED) is 0.781. The zero-order valence-corrected chi connectivity index (χ0v) is 14.5. The minimum absolute atomic E-state index is 0.00968. The van der Waals surface area contributed by atoms with Crippen LogP contribution in [0.4, 0.5) is 5.69 Å². The number of aromatic nitrogens is 1. The van der Waals surface area contributed by atoms with E-state index in [9.17, 15) is 4.79 Å². The van der Waals surface area contributed by atoms with Gasteiger partial charge in [0.1, 0.15) is 0 Å². The lowest BCUT2D eigenvalue weighted by Crippen LogP contribution is -2.48. The van der Waals surface area contributed by atoms with Gasteiger partial charge in [0.15, 0.2) is 0 Å². The Morgan fingerprint density at radius 2 is 1.71 bits per heavy atom. The van der Waals surface area contributed by atoms with Gasteiger partial charge in [0.25, 0.3) is 0 Å². The number of hydrogen-bond donors (Lipinski definition) is 0. The largest absolute Gasteiger partial charge is 0.368 e. The molecule has 1 saturated heterocycles. The third-order valence-electron chi connectivity index (χ3n) is 3.98. The Hall–Kier alpha value is -2.04. The minimum Gasteiger partial charge on any atom is -0.368 e. The first-order chi connectivity index (χ1) is 11.6. The van der Waals surface area contributed by atoms with Crippen LogP contribution in [0.25, 0.3) is 6.08 Å². The number of carbonyl (C=O) groups is 1. The molecule has 24 heavy (non-hydrogen) atoms.